The Morgan fingerprint density at radius 1 is 0.714 bits per heavy atom. The number of rotatable bonds is 5. The topological polar surface area (TPSA) is 24.9 Å². The van der Waals surface area contributed by atoms with Crippen LogP contribution in [0.25, 0.3) is 0 Å². The number of aryl methyl sites for hydroxylation is 6. The minimum Gasteiger partial charge on any atom is -0.502 e. The van der Waals surface area contributed by atoms with E-state index in [0.717, 1.165) is 30.2 Å². The van der Waals surface area contributed by atoms with Gasteiger partial charge in [-0.3, -0.25) is 0 Å². The third-order valence-corrected chi connectivity index (χ3v) is 6.79. The molecule has 3 aromatic carbocycles. The summed E-state index contributed by atoms with van der Waals surface area (Å²) in [6, 6.07) is 14.8. The monoisotopic (exact) mass is 559 g/mol. The molecule has 0 saturated carbocycles. The van der Waals surface area contributed by atoms with E-state index in [1.807, 2.05) is 22.8 Å². The van der Waals surface area contributed by atoms with Crippen LogP contribution in [0.5, 0.6) is 11.5 Å². The molecular formula is C30H37N2O2Ru. The van der Waals surface area contributed by atoms with E-state index in [9.17, 15) is 0 Å². The number of ether oxygens (including phenoxy) is 2. The van der Waals surface area contributed by atoms with Crippen LogP contribution in [-0.4, -0.2) is 31.9 Å². The molecule has 1 aliphatic rings. The summed E-state index contributed by atoms with van der Waals surface area (Å²) in [5.41, 5.74) is 11.9. The molecule has 0 atom stereocenters. The van der Waals surface area contributed by atoms with Crippen LogP contribution < -0.4 is 19.3 Å². The normalized spacial score (nSPS) is 12.8. The van der Waals surface area contributed by atoms with Gasteiger partial charge in [0.1, 0.15) is 0 Å². The zero-order valence-electron chi connectivity index (χ0n) is 22.2. The summed E-state index contributed by atoms with van der Waals surface area (Å²) in [4.78, 5) is 4.81. The van der Waals surface area contributed by atoms with E-state index in [4.69, 9.17) is 9.47 Å². The van der Waals surface area contributed by atoms with E-state index in [1.165, 1.54) is 44.8 Å². The Labute approximate surface area is 221 Å². The molecule has 0 spiro atoms. The third kappa shape index (κ3) is 6.33. The van der Waals surface area contributed by atoms with E-state index >= 15 is 0 Å². The zero-order chi connectivity index (χ0) is 25.7. The first kappa shape index (κ1) is 26.9. The SMILES string of the molecule is COc1ccc(OC)c([CH]=[Ru+])c1.Cc1cc(C)c(N2[CH-]N(c3c(C)cc(C)cc3C)CC2)c(C)c1. The van der Waals surface area contributed by atoms with Gasteiger partial charge in [0.25, 0.3) is 0 Å². The summed E-state index contributed by atoms with van der Waals surface area (Å²) in [7, 11) is 3.30. The minimum atomic E-state index is 0.840. The molecule has 4 rings (SSSR count). The van der Waals surface area contributed by atoms with Crippen molar-refractivity contribution in [1.29, 1.82) is 0 Å². The first-order chi connectivity index (χ1) is 16.7. The molecule has 1 fully saturated rings. The maximum Gasteiger partial charge on any atom is 0.0146 e. The Morgan fingerprint density at radius 2 is 1.17 bits per heavy atom. The average Bonchev–Trinajstić information content (AvgIpc) is 3.26. The fourth-order valence-electron chi connectivity index (χ4n) is 5.01. The second kappa shape index (κ2) is 11.9. The van der Waals surface area contributed by atoms with Gasteiger partial charge < -0.3 is 9.80 Å². The Kier molecular flexibility index (Phi) is 9.13. The van der Waals surface area contributed by atoms with Crippen molar-refractivity contribution in [1.82, 2.24) is 0 Å². The molecule has 1 heterocycles. The van der Waals surface area contributed by atoms with Gasteiger partial charge in [-0.15, -0.1) is 0 Å². The fourth-order valence-corrected chi connectivity index (χ4v) is 5.40. The second-order valence-electron chi connectivity index (χ2n) is 9.21. The Balaban J connectivity index is 0.000000241. The molecule has 3 aromatic rings. The largest absolute Gasteiger partial charge is 0.502 e. The molecule has 35 heavy (non-hydrogen) atoms. The van der Waals surface area contributed by atoms with Crippen molar-refractivity contribution in [3.8, 4) is 11.5 Å². The number of hydrogen-bond acceptors (Lipinski definition) is 4. The van der Waals surface area contributed by atoms with Crippen molar-refractivity contribution in [3.05, 3.63) is 88.1 Å². The first-order valence-corrected chi connectivity index (χ1v) is 12.9. The van der Waals surface area contributed by atoms with Crippen LogP contribution in [0.15, 0.2) is 42.5 Å². The fraction of sp³-hybridized carbons (Fsp3) is 0.333. The average molecular weight is 559 g/mol. The number of anilines is 2. The minimum absolute atomic E-state index is 0.840. The number of hydrogen-bond donors (Lipinski definition) is 0. The maximum absolute atomic E-state index is 5.14. The van der Waals surface area contributed by atoms with Gasteiger partial charge in [-0.2, -0.15) is 6.67 Å². The van der Waals surface area contributed by atoms with Crippen molar-refractivity contribution in [2.24, 2.45) is 0 Å². The molecule has 0 bridgehead atoms. The van der Waals surface area contributed by atoms with Crippen LogP contribution in [0, 0.1) is 48.2 Å². The summed E-state index contributed by atoms with van der Waals surface area (Å²) in [5.74, 6) is 1.70. The zero-order valence-corrected chi connectivity index (χ0v) is 23.9. The summed E-state index contributed by atoms with van der Waals surface area (Å²) in [6.45, 7) is 17.6. The van der Waals surface area contributed by atoms with Gasteiger partial charge in [0.15, 0.2) is 0 Å². The van der Waals surface area contributed by atoms with Crippen LogP contribution >= 0.6 is 0 Å². The van der Waals surface area contributed by atoms with Gasteiger partial charge in [-0.25, -0.2) is 0 Å². The molecule has 1 saturated heterocycles. The standard InChI is InChI=1S/C21H27N2.C9H10O2.Ru/c1-14-9-16(3)20(17(4)10-14)22-7-8-23(13-22)21-18(5)11-15(2)12-19(21)6;1-7-6-8(10-2)4-5-9(7)11-3;/h9-13H,7-8H2,1-6H3;1,4-6H,2-3H3;/q-1;;+1. The van der Waals surface area contributed by atoms with Crippen molar-refractivity contribution in [2.75, 3.05) is 37.1 Å². The van der Waals surface area contributed by atoms with Gasteiger partial charge >= 0.3 is 81.4 Å². The molecular weight excluding hydrogens is 521 g/mol. The maximum atomic E-state index is 5.14. The van der Waals surface area contributed by atoms with Crippen LogP contribution in [0.1, 0.15) is 38.9 Å². The molecule has 0 N–H and O–H groups in total. The molecule has 187 valence electrons. The van der Waals surface area contributed by atoms with E-state index in [1.54, 1.807) is 14.2 Å². The van der Waals surface area contributed by atoms with Gasteiger partial charge in [0.2, 0.25) is 0 Å². The van der Waals surface area contributed by atoms with Crippen molar-refractivity contribution in [3.63, 3.8) is 0 Å². The Bertz CT molecular complexity index is 1100. The van der Waals surface area contributed by atoms with Gasteiger partial charge in [-0.1, -0.05) is 35.4 Å². The molecule has 0 aliphatic carbocycles. The van der Waals surface area contributed by atoms with Crippen molar-refractivity contribution >= 4 is 16.0 Å². The summed E-state index contributed by atoms with van der Waals surface area (Å²) in [6.07, 6.45) is 0. The van der Waals surface area contributed by atoms with Crippen LogP contribution in [0.3, 0.4) is 0 Å². The van der Waals surface area contributed by atoms with Gasteiger partial charge in [0.05, 0.1) is 0 Å². The third-order valence-electron chi connectivity index (χ3n) is 6.25. The Morgan fingerprint density at radius 3 is 1.54 bits per heavy atom. The molecule has 4 nitrogen and oxygen atoms in total. The summed E-state index contributed by atoms with van der Waals surface area (Å²) in [5, 5.41) is 0. The first-order valence-electron chi connectivity index (χ1n) is 11.9. The molecule has 1 aliphatic heterocycles. The molecule has 5 heteroatoms. The molecule has 0 amide bonds. The van der Waals surface area contributed by atoms with Crippen molar-refractivity contribution < 1.29 is 27.3 Å². The van der Waals surface area contributed by atoms with Crippen LogP contribution in [0.2, 0.25) is 0 Å². The van der Waals surface area contributed by atoms with E-state index in [2.05, 4.69) is 100 Å². The van der Waals surface area contributed by atoms with E-state index in [-0.39, 0.29) is 0 Å². The van der Waals surface area contributed by atoms with Crippen molar-refractivity contribution in [2.45, 2.75) is 41.5 Å². The quantitative estimate of drug-likeness (QED) is 0.268. The van der Waals surface area contributed by atoms with Crippen LogP contribution in [-0.2, 0) is 17.9 Å². The van der Waals surface area contributed by atoms with Crippen LogP contribution in [0.4, 0.5) is 11.4 Å². The summed E-state index contributed by atoms with van der Waals surface area (Å²) < 4.78 is 12.1. The van der Waals surface area contributed by atoms with E-state index in [0.29, 0.717) is 0 Å². The van der Waals surface area contributed by atoms with E-state index < -0.39 is 0 Å². The van der Waals surface area contributed by atoms with Gasteiger partial charge in [0, 0.05) is 24.5 Å². The number of nitrogens with zero attached hydrogens (tertiary/aromatic N) is 2. The Hall–Kier alpha value is -2.65. The number of benzene rings is 3. The molecule has 0 unspecified atom stereocenters. The predicted molar refractivity (Wildman–Crippen MR) is 145 cm³/mol. The predicted octanol–water partition coefficient (Wildman–Crippen LogP) is 6.38. The molecule has 0 aromatic heterocycles. The number of methoxy groups -OCH3 is 2. The van der Waals surface area contributed by atoms with Gasteiger partial charge in [-0.05, 0) is 63.8 Å². The molecule has 0 radical (unpaired) electrons. The second-order valence-corrected chi connectivity index (χ2v) is 9.71. The smallest absolute Gasteiger partial charge is 0.0146 e. The summed E-state index contributed by atoms with van der Waals surface area (Å²) >= 11 is 2.45.